The van der Waals surface area contributed by atoms with Crippen LogP contribution in [0.25, 0.3) is 0 Å². The molecular weight excluding hydrogens is 297 g/mol. The van der Waals surface area contributed by atoms with E-state index in [9.17, 15) is 14.0 Å². The molecule has 1 N–H and O–H groups in total. The van der Waals surface area contributed by atoms with Crippen molar-refractivity contribution in [2.75, 3.05) is 6.61 Å². The largest absolute Gasteiger partial charge is 0.452 e. The molecule has 0 radical (unpaired) electrons. The second kappa shape index (κ2) is 7.54. The topological polar surface area (TPSA) is 55.4 Å². The zero-order chi connectivity index (χ0) is 16.8. The summed E-state index contributed by atoms with van der Waals surface area (Å²) < 4.78 is 17.9. The van der Waals surface area contributed by atoms with E-state index in [1.54, 1.807) is 37.3 Å². The third-order valence-electron chi connectivity index (χ3n) is 3.34. The number of rotatable bonds is 5. The van der Waals surface area contributed by atoms with Crippen LogP contribution in [0.5, 0.6) is 0 Å². The van der Waals surface area contributed by atoms with Crippen molar-refractivity contribution in [2.24, 2.45) is 0 Å². The summed E-state index contributed by atoms with van der Waals surface area (Å²) in [6.45, 7) is 3.28. The normalized spacial score (nSPS) is 11.6. The SMILES string of the molecule is Cc1cccc(C(=O)OCC(=O)N[C@@H](C)c2ccc(F)cc2)c1. The van der Waals surface area contributed by atoms with E-state index in [4.69, 9.17) is 4.74 Å². The molecule has 23 heavy (non-hydrogen) atoms. The van der Waals surface area contributed by atoms with E-state index >= 15 is 0 Å². The molecule has 5 heteroatoms. The monoisotopic (exact) mass is 315 g/mol. The molecule has 0 aromatic heterocycles. The zero-order valence-electron chi connectivity index (χ0n) is 13.0. The molecular formula is C18H18FNO3. The summed E-state index contributed by atoms with van der Waals surface area (Å²) in [4.78, 5) is 23.7. The Labute approximate surface area is 134 Å². The van der Waals surface area contributed by atoms with Crippen LogP contribution in [0.15, 0.2) is 48.5 Å². The van der Waals surface area contributed by atoms with E-state index in [1.807, 2.05) is 13.0 Å². The fourth-order valence-electron chi connectivity index (χ4n) is 2.10. The highest BCUT2D eigenvalue weighted by Crippen LogP contribution is 2.12. The Hall–Kier alpha value is -2.69. The van der Waals surface area contributed by atoms with Crippen LogP contribution in [0.1, 0.15) is 34.5 Å². The first kappa shape index (κ1) is 16.7. The molecule has 0 fully saturated rings. The van der Waals surface area contributed by atoms with Gasteiger partial charge in [-0.1, -0.05) is 29.8 Å². The van der Waals surface area contributed by atoms with Gasteiger partial charge in [0.2, 0.25) is 0 Å². The summed E-state index contributed by atoms with van der Waals surface area (Å²) in [5, 5.41) is 2.70. The van der Waals surface area contributed by atoms with E-state index in [0.717, 1.165) is 11.1 Å². The van der Waals surface area contributed by atoms with Gasteiger partial charge < -0.3 is 10.1 Å². The number of aryl methyl sites for hydroxylation is 1. The number of esters is 1. The lowest BCUT2D eigenvalue weighted by molar-refractivity contribution is -0.124. The van der Waals surface area contributed by atoms with Gasteiger partial charge in [0.15, 0.2) is 6.61 Å². The lowest BCUT2D eigenvalue weighted by Gasteiger charge is -2.14. The van der Waals surface area contributed by atoms with E-state index in [0.29, 0.717) is 5.56 Å². The molecule has 1 amide bonds. The summed E-state index contributed by atoms with van der Waals surface area (Å²) in [5.74, 6) is -1.29. The Bertz CT molecular complexity index is 698. The number of halogens is 1. The minimum Gasteiger partial charge on any atom is -0.452 e. The summed E-state index contributed by atoms with van der Waals surface area (Å²) in [6, 6.07) is 12.5. The van der Waals surface area contributed by atoms with Gasteiger partial charge in [-0.2, -0.15) is 0 Å². The molecule has 120 valence electrons. The highest BCUT2D eigenvalue weighted by Gasteiger charge is 2.13. The van der Waals surface area contributed by atoms with Gasteiger partial charge >= 0.3 is 5.97 Å². The lowest BCUT2D eigenvalue weighted by Crippen LogP contribution is -2.31. The molecule has 0 aliphatic heterocycles. The molecule has 2 rings (SSSR count). The Kier molecular flexibility index (Phi) is 5.46. The van der Waals surface area contributed by atoms with Crippen molar-refractivity contribution in [1.82, 2.24) is 5.32 Å². The number of ether oxygens (including phenoxy) is 1. The molecule has 0 heterocycles. The minimum absolute atomic E-state index is 0.305. The van der Waals surface area contributed by atoms with Gasteiger partial charge in [0.05, 0.1) is 11.6 Å². The molecule has 2 aromatic rings. The Morgan fingerprint density at radius 1 is 1.17 bits per heavy atom. The smallest absolute Gasteiger partial charge is 0.338 e. The van der Waals surface area contributed by atoms with E-state index < -0.39 is 11.9 Å². The molecule has 0 bridgehead atoms. The quantitative estimate of drug-likeness (QED) is 0.862. The summed E-state index contributed by atoms with van der Waals surface area (Å²) >= 11 is 0. The van der Waals surface area contributed by atoms with Crippen molar-refractivity contribution in [2.45, 2.75) is 19.9 Å². The summed E-state index contributed by atoms with van der Waals surface area (Å²) in [7, 11) is 0. The lowest BCUT2D eigenvalue weighted by atomic mass is 10.1. The molecule has 0 saturated heterocycles. The van der Waals surface area contributed by atoms with Crippen molar-refractivity contribution < 1.29 is 18.7 Å². The minimum atomic E-state index is -0.543. The number of amides is 1. The maximum atomic E-state index is 12.9. The van der Waals surface area contributed by atoms with Crippen LogP contribution >= 0.6 is 0 Å². The van der Waals surface area contributed by atoms with Gasteiger partial charge in [-0.05, 0) is 43.7 Å². The molecule has 2 aromatic carbocycles. The predicted molar refractivity (Wildman–Crippen MR) is 84.4 cm³/mol. The van der Waals surface area contributed by atoms with Crippen LogP contribution in [-0.4, -0.2) is 18.5 Å². The third-order valence-corrected chi connectivity index (χ3v) is 3.34. The van der Waals surface area contributed by atoms with Crippen LogP contribution in [0.2, 0.25) is 0 Å². The van der Waals surface area contributed by atoms with Gasteiger partial charge in [-0.15, -0.1) is 0 Å². The van der Waals surface area contributed by atoms with Gasteiger partial charge in [-0.25, -0.2) is 9.18 Å². The molecule has 0 aliphatic rings. The first-order valence-electron chi connectivity index (χ1n) is 7.24. The number of carbonyl (C=O) groups is 2. The van der Waals surface area contributed by atoms with Crippen molar-refractivity contribution in [1.29, 1.82) is 0 Å². The summed E-state index contributed by atoms with van der Waals surface area (Å²) in [6.07, 6.45) is 0. The molecule has 0 aliphatic carbocycles. The van der Waals surface area contributed by atoms with E-state index in [1.165, 1.54) is 12.1 Å². The van der Waals surface area contributed by atoms with Gasteiger partial charge in [0, 0.05) is 0 Å². The number of benzene rings is 2. The van der Waals surface area contributed by atoms with E-state index in [-0.39, 0.29) is 18.5 Å². The highest BCUT2D eigenvalue weighted by atomic mass is 19.1. The highest BCUT2D eigenvalue weighted by molar-refractivity contribution is 5.91. The molecule has 4 nitrogen and oxygen atoms in total. The maximum absolute atomic E-state index is 12.9. The third kappa shape index (κ3) is 4.92. The van der Waals surface area contributed by atoms with E-state index in [2.05, 4.69) is 5.32 Å². The first-order chi connectivity index (χ1) is 11.0. The van der Waals surface area contributed by atoms with Crippen LogP contribution in [0, 0.1) is 12.7 Å². The van der Waals surface area contributed by atoms with Crippen LogP contribution in [-0.2, 0) is 9.53 Å². The molecule has 0 unspecified atom stereocenters. The second-order valence-corrected chi connectivity index (χ2v) is 5.29. The Balaban J connectivity index is 1.85. The molecule has 1 atom stereocenters. The number of carbonyl (C=O) groups excluding carboxylic acids is 2. The second-order valence-electron chi connectivity index (χ2n) is 5.29. The van der Waals surface area contributed by atoms with Crippen molar-refractivity contribution in [3.63, 3.8) is 0 Å². The number of hydrogen-bond donors (Lipinski definition) is 1. The van der Waals surface area contributed by atoms with Crippen LogP contribution in [0.3, 0.4) is 0 Å². The standard InChI is InChI=1S/C18H18FNO3/c1-12-4-3-5-15(10-12)18(22)23-11-17(21)20-13(2)14-6-8-16(19)9-7-14/h3-10,13H,11H2,1-2H3,(H,20,21)/t13-/m0/s1. The number of hydrogen-bond acceptors (Lipinski definition) is 3. The van der Waals surface area contributed by atoms with Gasteiger partial charge in [0.25, 0.3) is 5.91 Å². The first-order valence-corrected chi connectivity index (χ1v) is 7.24. The van der Waals surface area contributed by atoms with Crippen molar-refractivity contribution in [3.8, 4) is 0 Å². The van der Waals surface area contributed by atoms with Gasteiger partial charge in [0.1, 0.15) is 5.82 Å². The average Bonchev–Trinajstić information content (AvgIpc) is 2.53. The fraction of sp³-hybridized carbons (Fsp3) is 0.222. The maximum Gasteiger partial charge on any atom is 0.338 e. The Morgan fingerprint density at radius 3 is 2.52 bits per heavy atom. The van der Waals surface area contributed by atoms with Crippen LogP contribution in [0.4, 0.5) is 4.39 Å². The molecule has 0 saturated carbocycles. The predicted octanol–water partition coefficient (Wildman–Crippen LogP) is 3.17. The van der Waals surface area contributed by atoms with Crippen LogP contribution < -0.4 is 5.32 Å². The fourth-order valence-corrected chi connectivity index (χ4v) is 2.10. The van der Waals surface area contributed by atoms with Gasteiger partial charge in [-0.3, -0.25) is 4.79 Å². The van der Waals surface area contributed by atoms with Crippen molar-refractivity contribution >= 4 is 11.9 Å². The zero-order valence-corrected chi connectivity index (χ0v) is 13.0. The average molecular weight is 315 g/mol. The van der Waals surface area contributed by atoms with Crippen molar-refractivity contribution in [3.05, 3.63) is 71.0 Å². The Morgan fingerprint density at radius 2 is 1.87 bits per heavy atom. The summed E-state index contributed by atoms with van der Waals surface area (Å²) in [5.41, 5.74) is 2.11. The molecule has 0 spiro atoms. The number of nitrogens with one attached hydrogen (secondary N) is 1.